The Morgan fingerprint density at radius 3 is 1.97 bits per heavy atom. The predicted molar refractivity (Wildman–Crippen MR) is 120 cm³/mol. The molecule has 0 bridgehead atoms. The fraction of sp³-hybridized carbons (Fsp3) is 0.500. The maximum absolute atomic E-state index is 12.6. The number of amides is 3. The molecule has 0 aromatic heterocycles. The molecule has 12 nitrogen and oxygen atoms in total. The SMILES string of the molecule is CCC(C)C(NC(=O)C(CO)NC(=O)C(CC(=O)O)NC(=O)C(N)Cc1ccccc1)C(=O)O. The van der Waals surface area contributed by atoms with E-state index in [4.69, 9.17) is 10.8 Å². The Kier molecular flexibility index (Phi) is 11.7. The quantitative estimate of drug-likeness (QED) is 0.167. The van der Waals surface area contributed by atoms with Crippen LogP contribution in [-0.2, 0) is 30.4 Å². The number of carbonyl (C=O) groups is 5. The molecule has 5 unspecified atom stereocenters. The summed E-state index contributed by atoms with van der Waals surface area (Å²) >= 11 is 0. The van der Waals surface area contributed by atoms with Crippen LogP contribution in [0.2, 0.25) is 0 Å². The van der Waals surface area contributed by atoms with Crippen LogP contribution >= 0.6 is 0 Å². The fourth-order valence-corrected chi connectivity index (χ4v) is 3.03. The van der Waals surface area contributed by atoms with Crippen LogP contribution in [0.5, 0.6) is 0 Å². The molecule has 0 saturated carbocycles. The van der Waals surface area contributed by atoms with Gasteiger partial charge in [-0.15, -0.1) is 0 Å². The minimum atomic E-state index is -1.58. The second-order valence-electron chi connectivity index (χ2n) is 7.91. The van der Waals surface area contributed by atoms with Gasteiger partial charge >= 0.3 is 11.9 Å². The van der Waals surface area contributed by atoms with E-state index in [9.17, 15) is 34.2 Å². The minimum Gasteiger partial charge on any atom is -0.481 e. The molecule has 0 radical (unpaired) electrons. The number of carboxylic acids is 2. The van der Waals surface area contributed by atoms with Crippen LogP contribution in [0.3, 0.4) is 0 Å². The van der Waals surface area contributed by atoms with Crippen LogP contribution < -0.4 is 21.7 Å². The highest BCUT2D eigenvalue weighted by atomic mass is 16.4. The zero-order chi connectivity index (χ0) is 25.8. The Hall–Kier alpha value is -3.51. The maximum Gasteiger partial charge on any atom is 0.326 e. The van der Waals surface area contributed by atoms with E-state index >= 15 is 0 Å². The summed E-state index contributed by atoms with van der Waals surface area (Å²) < 4.78 is 0. The number of aliphatic hydroxyl groups excluding tert-OH is 1. The first-order chi connectivity index (χ1) is 16.0. The molecule has 0 saturated heterocycles. The molecule has 34 heavy (non-hydrogen) atoms. The number of benzene rings is 1. The lowest BCUT2D eigenvalue weighted by Gasteiger charge is -2.25. The molecule has 0 aliphatic heterocycles. The summed E-state index contributed by atoms with van der Waals surface area (Å²) in [5.41, 5.74) is 6.64. The molecular formula is C22H32N4O8. The van der Waals surface area contributed by atoms with Crippen molar-refractivity contribution in [2.45, 2.75) is 57.3 Å². The van der Waals surface area contributed by atoms with Gasteiger partial charge in [0.25, 0.3) is 0 Å². The molecular weight excluding hydrogens is 448 g/mol. The first-order valence-corrected chi connectivity index (χ1v) is 10.8. The summed E-state index contributed by atoms with van der Waals surface area (Å²) in [5, 5.41) is 34.7. The van der Waals surface area contributed by atoms with E-state index in [1.165, 1.54) is 0 Å². The summed E-state index contributed by atoms with van der Waals surface area (Å²) in [7, 11) is 0. The summed E-state index contributed by atoms with van der Waals surface area (Å²) in [5.74, 6) is -5.91. The fourth-order valence-electron chi connectivity index (χ4n) is 3.03. The number of rotatable bonds is 14. The van der Waals surface area contributed by atoms with Crippen molar-refractivity contribution in [1.82, 2.24) is 16.0 Å². The van der Waals surface area contributed by atoms with E-state index in [0.29, 0.717) is 6.42 Å². The highest BCUT2D eigenvalue weighted by molar-refractivity contribution is 5.95. The van der Waals surface area contributed by atoms with Crippen LogP contribution in [0.4, 0.5) is 0 Å². The van der Waals surface area contributed by atoms with Crippen molar-refractivity contribution in [3.05, 3.63) is 35.9 Å². The number of aliphatic hydroxyl groups is 1. The van der Waals surface area contributed by atoms with Crippen LogP contribution in [0.15, 0.2) is 30.3 Å². The third-order valence-corrected chi connectivity index (χ3v) is 5.24. The van der Waals surface area contributed by atoms with Crippen LogP contribution in [0.25, 0.3) is 0 Å². The minimum absolute atomic E-state index is 0.141. The molecule has 188 valence electrons. The Bertz CT molecular complexity index is 864. The lowest BCUT2D eigenvalue weighted by molar-refractivity contribution is -0.144. The van der Waals surface area contributed by atoms with E-state index in [1.54, 1.807) is 44.2 Å². The smallest absolute Gasteiger partial charge is 0.326 e. The number of hydrogen-bond acceptors (Lipinski definition) is 7. The lowest BCUT2D eigenvalue weighted by atomic mass is 9.99. The summed E-state index contributed by atoms with van der Waals surface area (Å²) in [6.45, 7) is 2.47. The zero-order valence-electron chi connectivity index (χ0n) is 19.1. The Balaban J connectivity index is 2.87. The third-order valence-electron chi connectivity index (χ3n) is 5.24. The van der Waals surface area contributed by atoms with Gasteiger partial charge in [0.15, 0.2) is 0 Å². The molecule has 5 atom stereocenters. The molecule has 1 rings (SSSR count). The number of aliphatic carboxylic acids is 2. The molecule has 1 aromatic carbocycles. The normalized spacial score (nSPS) is 15.2. The van der Waals surface area contributed by atoms with Gasteiger partial charge in [0.2, 0.25) is 17.7 Å². The van der Waals surface area contributed by atoms with E-state index in [1.807, 2.05) is 0 Å². The van der Waals surface area contributed by atoms with Crippen molar-refractivity contribution in [2.75, 3.05) is 6.61 Å². The second-order valence-corrected chi connectivity index (χ2v) is 7.91. The number of carboxylic acid groups (broad SMARTS) is 2. The van der Waals surface area contributed by atoms with Crippen LogP contribution in [-0.4, -0.2) is 75.8 Å². The standard InChI is InChI=1S/C22H32N4O8/c1-3-12(2)18(22(33)34)26-21(32)16(11-27)25-20(31)15(10-17(28)29)24-19(30)14(23)9-13-7-5-4-6-8-13/h4-8,12,14-16,18,27H,3,9-11,23H2,1-2H3,(H,24,30)(H,25,31)(H,26,32)(H,28,29)(H,33,34). The zero-order valence-corrected chi connectivity index (χ0v) is 19.1. The van der Waals surface area contributed by atoms with Crippen LogP contribution in [0.1, 0.15) is 32.3 Å². The van der Waals surface area contributed by atoms with Gasteiger partial charge in [-0.1, -0.05) is 50.6 Å². The molecule has 0 fully saturated rings. The molecule has 1 aromatic rings. The second kappa shape index (κ2) is 13.9. The highest BCUT2D eigenvalue weighted by Crippen LogP contribution is 2.08. The van der Waals surface area contributed by atoms with Gasteiger partial charge in [-0.3, -0.25) is 19.2 Å². The molecule has 0 aliphatic rings. The van der Waals surface area contributed by atoms with E-state index in [2.05, 4.69) is 16.0 Å². The van der Waals surface area contributed by atoms with Crippen LogP contribution in [0, 0.1) is 5.92 Å². The third kappa shape index (κ3) is 9.16. The van der Waals surface area contributed by atoms with Gasteiger partial charge in [0.05, 0.1) is 19.1 Å². The van der Waals surface area contributed by atoms with Gasteiger partial charge in [-0.2, -0.15) is 0 Å². The summed E-state index contributed by atoms with van der Waals surface area (Å²) in [4.78, 5) is 60.2. The van der Waals surface area contributed by atoms with Crippen molar-refractivity contribution in [3.63, 3.8) is 0 Å². The van der Waals surface area contributed by atoms with Gasteiger partial charge in [-0.25, -0.2) is 4.79 Å². The molecule has 12 heteroatoms. The average Bonchev–Trinajstić information content (AvgIpc) is 2.79. The number of carbonyl (C=O) groups excluding carboxylic acids is 3. The monoisotopic (exact) mass is 480 g/mol. The molecule has 8 N–H and O–H groups in total. The molecule has 0 spiro atoms. The van der Waals surface area contributed by atoms with Gasteiger partial charge in [0, 0.05) is 0 Å². The van der Waals surface area contributed by atoms with Crippen molar-refractivity contribution < 1.29 is 39.3 Å². The van der Waals surface area contributed by atoms with Crippen molar-refractivity contribution in [2.24, 2.45) is 11.7 Å². The maximum atomic E-state index is 12.6. The molecule has 3 amide bonds. The van der Waals surface area contributed by atoms with Gasteiger partial charge in [0.1, 0.15) is 18.1 Å². The first kappa shape index (κ1) is 28.5. The first-order valence-electron chi connectivity index (χ1n) is 10.8. The van der Waals surface area contributed by atoms with E-state index in [0.717, 1.165) is 5.56 Å². The Labute approximate surface area is 196 Å². The van der Waals surface area contributed by atoms with Crippen molar-refractivity contribution in [1.29, 1.82) is 0 Å². The molecule has 0 heterocycles. The number of nitrogens with one attached hydrogen (secondary N) is 3. The Morgan fingerprint density at radius 2 is 1.47 bits per heavy atom. The van der Waals surface area contributed by atoms with Gasteiger partial charge < -0.3 is 37.0 Å². The van der Waals surface area contributed by atoms with E-state index in [-0.39, 0.29) is 6.42 Å². The highest BCUT2D eigenvalue weighted by Gasteiger charge is 2.32. The largest absolute Gasteiger partial charge is 0.481 e. The topological polar surface area (TPSA) is 208 Å². The Morgan fingerprint density at radius 1 is 0.912 bits per heavy atom. The van der Waals surface area contributed by atoms with Crippen molar-refractivity contribution >= 4 is 29.7 Å². The van der Waals surface area contributed by atoms with Crippen molar-refractivity contribution in [3.8, 4) is 0 Å². The lowest BCUT2D eigenvalue weighted by Crippen LogP contribution is -2.59. The number of nitrogens with two attached hydrogens (primary N) is 1. The summed E-state index contributed by atoms with van der Waals surface area (Å²) in [6.07, 6.45) is -0.217. The van der Waals surface area contributed by atoms with E-state index < -0.39 is 72.8 Å². The molecule has 0 aliphatic carbocycles. The van der Waals surface area contributed by atoms with Gasteiger partial charge in [-0.05, 0) is 17.9 Å². The number of hydrogen-bond donors (Lipinski definition) is 7. The summed E-state index contributed by atoms with van der Waals surface area (Å²) in [6, 6.07) is 3.34. The average molecular weight is 481 g/mol. The predicted octanol–water partition coefficient (Wildman–Crippen LogP) is -1.39.